The number of benzene rings is 3. The lowest BCUT2D eigenvalue weighted by molar-refractivity contribution is -0.384. The number of carbonyl (C=O) groups is 2. The van der Waals surface area contributed by atoms with Crippen molar-refractivity contribution < 1.29 is 28.4 Å². The second-order valence-electron chi connectivity index (χ2n) is 7.54. The van der Waals surface area contributed by atoms with Gasteiger partial charge in [-0.25, -0.2) is 4.79 Å². The van der Waals surface area contributed by atoms with Gasteiger partial charge in [0.2, 0.25) is 11.5 Å². The normalized spacial score (nSPS) is 13.7. The topological polar surface area (TPSA) is 109 Å². The monoisotopic (exact) mass is 475 g/mol. The van der Waals surface area contributed by atoms with Crippen molar-refractivity contribution >= 4 is 46.1 Å². The van der Waals surface area contributed by atoms with Crippen molar-refractivity contribution in [2.24, 2.45) is 0 Å². The number of esters is 1. The average molecular weight is 476 g/mol. The van der Waals surface area contributed by atoms with E-state index in [1.165, 1.54) is 48.5 Å². The fourth-order valence-electron chi connectivity index (χ4n) is 3.59. The first-order chi connectivity index (χ1) is 16.3. The number of hydrogen-bond acceptors (Lipinski definition) is 7. The molecule has 0 unspecified atom stereocenters. The molecule has 0 aliphatic carbocycles. The summed E-state index contributed by atoms with van der Waals surface area (Å²) in [5.41, 5.74) is 1.79. The van der Waals surface area contributed by atoms with Gasteiger partial charge in [-0.3, -0.25) is 14.9 Å². The number of furan rings is 1. The molecular formula is C25H14ClNO7. The van der Waals surface area contributed by atoms with Crippen LogP contribution in [0.15, 0.2) is 70.8 Å². The van der Waals surface area contributed by atoms with Crippen LogP contribution in [-0.2, 0) is 0 Å². The van der Waals surface area contributed by atoms with Gasteiger partial charge < -0.3 is 13.9 Å². The number of Topliss-reactive ketones (excluding diaryl/α,β-unsaturated/α-hetero) is 1. The van der Waals surface area contributed by atoms with Crippen molar-refractivity contribution in [3.8, 4) is 11.5 Å². The molecule has 5 rings (SSSR count). The molecule has 1 aliphatic rings. The zero-order chi connectivity index (χ0) is 24.0. The van der Waals surface area contributed by atoms with Crippen LogP contribution in [0.25, 0.3) is 17.0 Å². The van der Waals surface area contributed by atoms with Crippen LogP contribution in [0.3, 0.4) is 0 Å². The molecule has 0 spiro atoms. The third-order valence-corrected chi connectivity index (χ3v) is 5.56. The highest BCUT2D eigenvalue weighted by molar-refractivity contribution is 6.31. The van der Waals surface area contributed by atoms with E-state index in [1.54, 1.807) is 25.1 Å². The Labute approximate surface area is 197 Å². The number of carbonyl (C=O) groups excluding carboxylic acids is 2. The minimum atomic E-state index is -0.707. The van der Waals surface area contributed by atoms with Gasteiger partial charge in [0.15, 0.2) is 5.76 Å². The van der Waals surface area contributed by atoms with Crippen molar-refractivity contribution in [2.45, 2.75) is 6.92 Å². The lowest BCUT2D eigenvalue weighted by Crippen LogP contribution is -2.08. The number of halogens is 1. The van der Waals surface area contributed by atoms with Gasteiger partial charge in [0.05, 0.1) is 10.5 Å². The van der Waals surface area contributed by atoms with Crippen molar-refractivity contribution in [2.75, 3.05) is 0 Å². The summed E-state index contributed by atoms with van der Waals surface area (Å²) in [5, 5.41) is 12.0. The molecule has 0 radical (unpaired) electrons. The Morgan fingerprint density at radius 3 is 2.59 bits per heavy atom. The van der Waals surface area contributed by atoms with Gasteiger partial charge in [-0.1, -0.05) is 11.6 Å². The number of non-ortho nitro benzene ring substituents is 1. The molecule has 1 aromatic heterocycles. The van der Waals surface area contributed by atoms with Crippen LogP contribution in [-0.4, -0.2) is 16.7 Å². The van der Waals surface area contributed by atoms with Crippen LogP contribution in [0.2, 0.25) is 5.02 Å². The van der Waals surface area contributed by atoms with Gasteiger partial charge in [-0.05, 0) is 67.1 Å². The van der Waals surface area contributed by atoms with Gasteiger partial charge in [-0.15, -0.1) is 0 Å². The zero-order valence-electron chi connectivity index (χ0n) is 17.5. The SMILES string of the molecule is Cc1c(OC(=O)c2cc3cc(Cl)ccc3o2)ccc2c1O/C(=C\c1ccc([N+](=O)[O-])cc1)C2=O. The maximum atomic E-state index is 12.8. The molecule has 3 aromatic carbocycles. The highest BCUT2D eigenvalue weighted by Gasteiger charge is 2.31. The number of fused-ring (bicyclic) bond motifs is 2. The summed E-state index contributed by atoms with van der Waals surface area (Å²) in [6.45, 7) is 1.67. The average Bonchev–Trinajstić information content (AvgIpc) is 3.37. The number of nitro benzene ring substituents is 1. The Morgan fingerprint density at radius 1 is 1.09 bits per heavy atom. The summed E-state index contributed by atoms with van der Waals surface area (Å²) in [5.74, 6) is -0.492. The zero-order valence-corrected chi connectivity index (χ0v) is 18.3. The van der Waals surface area contributed by atoms with Gasteiger partial charge in [-0.2, -0.15) is 0 Å². The second kappa shape index (κ2) is 8.17. The quantitative estimate of drug-likeness (QED) is 0.115. The van der Waals surface area contributed by atoms with Gasteiger partial charge in [0.1, 0.15) is 17.1 Å². The predicted octanol–water partition coefficient (Wildman–Crippen LogP) is 6.14. The maximum Gasteiger partial charge on any atom is 0.379 e. The number of rotatable bonds is 4. The van der Waals surface area contributed by atoms with Crippen molar-refractivity contribution in [3.05, 3.63) is 104 Å². The lowest BCUT2D eigenvalue weighted by atomic mass is 10.1. The van der Waals surface area contributed by atoms with Crippen LogP contribution < -0.4 is 9.47 Å². The van der Waals surface area contributed by atoms with E-state index < -0.39 is 10.9 Å². The first-order valence-corrected chi connectivity index (χ1v) is 10.4. The first-order valence-electron chi connectivity index (χ1n) is 10.0. The minimum absolute atomic E-state index is 0.00733. The first kappa shape index (κ1) is 21.4. The Bertz CT molecular complexity index is 1530. The van der Waals surface area contributed by atoms with Crippen LogP contribution in [0.4, 0.5) is 5.69 Å². The number of ketones is 1. The Balaban J connectivity index is 1.39. The second-order valence-corrected chi connectivity index (χ2v) is 7.97. The number of hydrogen-bond donors (Lipinski definition) is 0. The molecule has 0 fully saturated rings. The van der Waals surface area contributed by atoms with Crippen LogP contribution >= 0.6 is 11.6 Å². The Hall–Kier alpha value is -4.43. The fourth-order valence-corrected chi connectivity index (χ4v) is 3.77. The highest BCUT2D eigenvalue weighted by atomic mass is 35.5. The van der Waals surface area contributed by atoms with Crippen LogP contribution in [0, 0.1) is 17.0 Å². The molecule has 0 N–H and O–H groups in total. The lowest BCUT2D eigenvalue weighted by Gasteiger charge is -2.09. The molecule has 168 valence electrons. The minimum Gasteiger partial charge on any atom is -0.452 e. The Morgan fingerprint density at radius 2 is 1.85 bits per heavy atom. The molecule has 2 heterocycles. The van der Waals surface area contributed by atoms with Crippen molar-refractivity contribution in [3.63, 3.8) is 0 Å². The van der Waals surface area contributed by atoms with E-state index in [-0.39, 0.29) is 34.5 Å². The smallest absolute Gasteiger partial charge is 0.379 e. The Kier molecular flexibility index (Phi) is 5.14. The highest BCUT2D eigenvalue weighted by Crippen LogP contribution is 2.39. The third kappa shape index (κ3) is 3.80. The molecule has 9 heteroatoms. The van der Waals surface area contributed by atoms with Crippen molar-refractivity contribution in [1.29, 1.82) is 0 Å². The summed E-state index contributed by atoms with van der Waals surface area (Å²) >= 11 is 5.98. The fraction of sp³-hybridized carbons (Fsp3) is 0.0400. The number of nitro groups is 1. The third-order valence-electron chi connectivity index (χ3n) is 5.32. The van der Waals surface area contributed by atoms with E-state index in [0.29, 0.717) is 32.7 Å². The van der Waals surface area contributed by atoms with E-state index in [0.717, 1.165) is 0 Å². The standard InChI is InChI=1S/C25H14ClNO7/c1-13-19(34-25(29)22-12-15-11-16(26)4-8-20(15)32-22)9-7-18-23(28)21(33-24(13)18)10-14-2-5-17(6-3-14)27(30)31/h2-12H,1H3/b21-10-. The van der Waals surface area contributed by atoms with Crippen molar-refractivity contribution in [1.82, 2.24) is 0 Å². The molecule has 0 atom stereocenters. The molecule has 8 nitrogen and oxygen atoms in total. The van der Waals surface area contributed by atoms with E-state index >= 15 is 0 Å². The molecule has 0 saturated carbocycles. The van der Waals surface area contributed by atoms with E-state index in [1.807, 2.05) is 0 Å². The summed E-state index contributed by atoms with van der Waals surface area (Å²) < 4.78 is 16.8. The summed E-state index contributed by atoms with van der Waals surface area (Å²) in [4.78, 5) is 35.7. The number of ether oxygens (including phenoxy) is 2. The summed E-state index contributed by atoms with van der Waals surface area (Å²) in [6, 6.07) is 15.3. The molecule has 0 amide bonds. The molecule has 34 heavy (non-hydrogen) atoms. The number of allylic oxidation sites excluding steroid dienone is 1. The van der Waals surface area contributed by atoms with E-state index in [9.17, 15) is 19.7 Å². The maximum absolute atomic E-state index is 12.8. The van der Waals surface area contributed by atoms with Crippen LogP contribution in [0.1, 0.15) is 32.0 Å². The predicted molar refractivity (Wildman–Crippen MR) is 123 cm³/mol. The molecule has 1 aliphatic heterocycles. The summed E-state index contributed by atoms with van der Waals surface area (Å²) in [6.07, 6.45) is 1.50. The molecule has 0 saturated heterocycles. The largest absolute Gasteiger partial charge is 0.452 e. The van der Waals surface area contributed by atoms with Crippen LogP contribution in [0.5, 0.6) is 11.5 Å². The van der Waals surface area contributed by atoms with E-state index in [2.05, 4.69) is 0 Å². The van der Waals surface area contributed by atoms with Gasteiger partial charge in [0, 0.05) is 28.1 Å². The molecule has 4 aromatic rings. The van der Waals surface area contributed by atoms with Gasteiger partial charge in [0.25, 0.3) is 5.69 Å². The molecule has 0 bridgehead atoms. The van der Waals surface area contributed by atoms with Gasteiger partial charge >= 0.3 is 5.97 Å². The van der Waals surface area contributed by atoms with E-state index in [4.69, 9.17) is 25.5 Å². The number of nitrogens with zero attached hydrogens (tertiary/aromatic N) is 1. The summed E-state index contributed by atoms with van der Waals surface area (Å²) in [7, 11) is 0. The molecular weight excluding hydrogens is 462 g/mol.